The smallest absolute Gasteiger partial charge is 0.416 e. The number of amides is 1. The summed E-state index contributed by atoms with van der Waals surface area (Å²) in [5.41, 5.74) is 0.00497. The van der Waals surface area contributed by atoms with E-state index in [1.807, 2.05) is 0 Å². The van der Waals surface area contributed by atoms with Gasteiger partial charge < -0.3 is 15.4 Å². The summed E-state index contributed by atoms with van der Waals surface area (Å²) in [7, 11) is 0. The average Bonchev–Trinajstić information content (AvgIpc) is 3.31. The van der Waals surface area contributed by atoms with Gasteiger partial charge in [0, 0.05) is 30.5 Å². The first-order valence-corrected chi connectivity index (χ1v) is 10.4. The Bertz CT molecular complexity index is 1130. The van der Waals surface area contributed by atoms with Crippen molar-refractivity contribution in [1.82, 2.24) is 15.3 Å². The first-order valence-electron chi connectivity index (χ1n) is 10.4. The zero-order valence-corrected chi connectivity index (χ0v) is 17.9. The molecule has 1 heterocycles. The van der Waals surface area contributed by atoms with Crippen molar-refractivity contribution in [2.75, 3.05) is 0 Å². The number of carboxylic acids is 1. The summed E-state index contributed by atoms with van der Waals surface area (Å²) in [5.74, 6) is -3.61. The maximum absolute atomic E-state index is 13.0. The van der Waals surface area contributed by atoms with Gasteiger partial charge in [-0.05, 0) is 24.1 Å². The largest absolute Gasteiger partial charge is 0.480 e. The van der Waals surface area contributed by atoms with Crippen LogP contribution >= 0.6 is 0 Å². The van der Waals surface area contributed by atoms with E-state index in [1.54, 1.807) is 30.3 Å². The van der Waals surface area contributed by atoms with Gasteiger partial charge in [0.1, 0.15) is 6.04 Å². The number of rotatable bonds is 10. The van der Waals surface area contributed by atoms with Gasteiger partial charge in [-0.1, -0.05) is 42.5 Å². The number of hydrogen-bond acceptors (Lipinski definition) is 4. The SMILES string of the molecule is O=C(C[C@@H](Cc1ccccc1)C(=O)N[C@@H](Cc1c[nH]cn1)C(=O)O)c1cccc(C(F)(F)F)c1. The molecule has 2 atom stereocenters. The summed E-state index contributed by atoms with van der Waals surface area (Å²) >= 11 is 0. The molecule has 0 bridgehead atoms. The first kappa shape index (κ1) is 24.7. The molecule has 0 spiro atoms. The van der Waals surface area contributed by atoms with E-state index < -0.39 is 47.8 Å². The van der Waals surface area contributed by atoms with Crippen molar-refractivity contribution in [3.8, 4) is 0 Å². The summed E-state index contributed by atoms with van der Waals surface area (Å²) < 4.78 is 39.1. The standard InChI is InChI=1S/C24H22F3N3O4/c25-24(26,27)18-8-4-7-16(10-18)21(31)11-17(9-15-5-2-1-3-6-15)22(32)30-20(23(33)34)12-19-13-28-14-29-19/h1-8,10,13-14,17,20H,9,11-12H2,(H,28,29)(H,30,32)(H,33,34)/t17-,20+/m1/s1. The molecule has 3 rings (SSSR count). The second kappa shape index (κ2) is 10.8. The predicted molar refractivity (Wildman–Crippen MR) is 116 cm³/mol. The Labute approximate surface area is 193 Å². The lowest BCUT2D eigenvalue weighted by Gasteiger charge is -2.20. The van der Waals surface area contributed by atoms with Crippen LogP contribution in [-0.2, 0) is 28.6 Å². The van der Waals surface area contributed by atoms with E-state index in [4.69, 9.17) is 0 Å². The molecule has 178 valence electrons. The lowest BCUT2D eigenvalue weighted by atomic mass is 9.90. The van der Waals surface area contributed by atoms with Crippen LogP contribution < -0.4 is 5.32 Å². The minimum Gasteiger partial charge on any atom is -0.480 e. The van der Waals surface area contributed by atoms with Crippen LogP contribution in [0.1, 0.15) is 33.6 Å². The molecule has 0 fully saturated rings. The number of carbonyl (C=O) groups excluding carboxylic acids is 2. The normalized spacial score (nSPS) is 13.1. The van der Waals surface area contributed by atoms with E-state index in [-0.39, 0.29) is 18.4 Å². The Morgan fingerprint density at radius 3 is 2.38 bits per heavy atom. The van der Waals surface area contributed by atoms with Gasteiger partial charge >= 0.3 is 12.1 Å². The number of imidazole rings is 1. The van der Waals surface area contributed by atoms with Crippen molar-refractivity contribution in [1.29, 1.82) is 0 Å². The molecule has 0 saturated carbocycles. The average molecular weight is 473 g/mol. The molecule has 10 heteroatoms. The molecule has 0 aliphatic heterocycles. The summed E-state index contributed by atoms with van der Waals surface area (Å²) in [6.45, 7) is 0. The van der Waals surface area contributed by atoms with Crippen LogP contribution in [-0.4, -0.2) is 38.8 Å². The van der Waals surface area contributed by atoms with Gasteiger partial charge in [-0.25, -0.2) is 9.78 Å². The fourth-order valence-corrected chi connectivity index (χ4v) is 3.47. The third kappa shape index (κ3) is 6.77. The highest BCUT2D eigenvalue weighted by Crippen LogP contribution is 2.30. The van der Waals surface area contributed by atoms with Gasteiger partial charge in [-0.3, -0.25) is 9.59 Å². The predicted octanol–water partition coefficient (Wildman–Crippen LogP) is 3.67. The lowest BCUT2D eigenvalue weighted by molar-refractivity contribution is -0.142. The van der Waals surface area contributed by atoms with Gasteiger partial charge in [0.05, 0.1) is 17.6 Å². The minimum atomic E-state index is -4.61. The number of nitrogens with one attached hydrogen (secondary N) is 2. The number of benzene rings is 2. The number of aliphatic carboxylic acids is 1. The highest BCUT2D eigenvalue weighted by atomic mass is 19.4. The van der Waals surface area contributed by atoms with Crippen LogP contribution in [0, 0.1) is 5.92 Å². The molecule has 34 heavy (non-hydrogen) atoms. The van der Waals surface area contributed by atoms with Gasteiger partial charge in [0.2, 0.25) is 5.91 Å². The second-order valence-corrected chi connectivity index (χ2v) is 7.76. The van der Waals surface area contributed by atoms with Gasteiger partial charge in [0.15, 0.2) is 5.78 Å². The Balaban J connectivity index is 1.81. The van der Waals surface area contributed by atoms with Crippen LogP contribution in [0.3, 0.4) is 0 Å². The highest BCUT2D eigenvalue weighted by Gasteiger charge is 2.32. The maximum atomic E-state index is 13.0. The van der Waals surface area contributed by atoms with Crippen molar-refractivity contribution in [3.63, 3.8) is 0 Å². The van der Waals surface area contributed by atoms with Crippen LogP contribution in [0.5, 0.6) is 0 Å². The third-order valence-corrected chi connectivity index (χ3v) is 5.22. The van der Waals surface area contributed by atoms with Gasteiger partial charge in [-0.15, -0.1) is 0 Å². The number of hydrogen-bond donors (Lipinski definition) is 3. The topological polar surface area (TPSA) is 112 Å². The monoisotopic (exact) mass is 473 g/mol. The molecule has 0 unspecified atom stereocenters. The van der Waals surface area contributed by atoms with Crippen LogP contribution in [0.2, 0.25) is 0 Å². The molecule has 7 nitrogen and oxygen atoms in total. The van der Waals surface area contributed by atoms with Gasteiger partial charge in [0.25, 0.3) is 0 Å². The number of carbonyl (C=O) groups is 3. The molecular formula is C24H22F3N3O4. The maximum Gasteiger partial charge on any atom is 0.416 e. The number of alkyl halides is 3. The van der Waals surface area contributed by atoms with Crippen LogP contribution in [0.15, 0.2) is 67.1 Å². The molecule has 1 amide bonds. The fraction of sp³-hybridized carbons (Fsp3) is 0.250. The number of nitrogens with zero attached hydrogens (tertiary/aromatic N) is 1. The lowest BCUT2D eigenvalue weighted by Crippen LogP contribution is -2.45. The molecule has 0 radical (unpaired) electrons. The summed E-state index contributed by atoms with van der Waals surface area (Å²) in [6.07, 6.45) is -2.10. The molecule has 2 aromatic carbocycles. The molecule has 0 aliphatic rings. The number of ketones is 1. The molecule has 1 aromatic heterocycles. The Hall–Kier alpha value is -3.95. The van der Waals surface area contributed by atoms with E-state index in [9.17, 15) is 32.7 Å². The second-order valence-electron chi connectivity index (χ2n) is 7.76. The Kier molecular flexibility index (Phi) is 7.83. The van der Waals surface area contributed by atoms with E-state index in [0.29, 0.717) is 5.69 Å². The zero-order chi connectivity index (χ0) is 24.7. The third-order valence-electron chi connectivity index (χ3n) is 5.22. The first-order chi connectivity index (χ1) is 16.1. The molecule has 0 saturated heterocycles. The zero-order valence-electron chi connectivity index (χ0n) is 17.9. The Morgan fingerprint density at radius 1 is 1.03 bits per heavy atom. The van der Waals surface area contributed by atoms with Crippen molar-refractivity contribution in [2.45, 2.75) is 31.5 Å². The fourth-order valence-electron chi connectivity index (χ4n) is 3.47. The number of carboxylic acid groups (broad SMARTS) is 1. The highest BCUT2D eigenvalue weighted by molar-refractivity contribution is 5.99. The number of aromatic amines is 1. The molecule has 3 N–H and O–H groups in total. The number of H-pyrrole nitrogens is 1. The number of Topliss-reactive ketones (excluding diaryl/α,β-unsaturated/α-hetero) is 1. The van der Waals surface area contributed by atoms with Crippen molar-refractivity contribution < 1.29 is 32.7 Å². The van der Waals surface area contributed by atoms with E-state index in [1.165, 1.54) is 18.6 Å². The van der Waals surface area contributed by atoms with Crippen LogP contribution in [0.25, 0.3) is 0 Å². The van der Waals surface area contributed by atoms with Crippen molar-refractivity contribution in [2.24, 2.45) is 5.92 Å². The van der Waals surface area contributed by atoms with E-state index in [0.717, 1.165) is 23.8 Å². The van der Waals surface area contributed by atoms with E-state index >= 15 is 0 Å². The molecular weight excluding hydrogens is 451 g/mol. The summed E-state index contributed by atoms with van der Waals surface area (Å²) in [4.78, 5) is 44.2. The van der Waals surface area contributed by atoms with Crippen molar-refractivity contribution >= 4 is 17.7 Å². The van der Waals surface area contributed by atoms with E-state index in [2.05, 4.69) is 15.3 Å². The molecule has 0 aliphatic carbocycles. The number of halogens is 3. The van der Waals surface area contributed by atoms with Gasteiger partial charge in [-0.2, -0.15) is 13.2 Å². The minimum absolute atomic E-state index is 0.0792. The summed E-state index contributed by atoms with van der Waals surface area (Å²) in [6, 6.07) is 11.5. The summed E-state index contributed by atoms with van der Waals surface area (Å²) in [5, 5.41) is 12.0. The number of aromatic nitrogens is 2. The molecule has 3 aromatic rings. The Morgan fingerprint density at radius 2 is 1.76 bits per heavy atom. The van der Waals surface area contributed by atoms with Crippen molar-refractivity contribution in [3.05, 3.63) is 89.5 Å². The quantitative estimate of drug-likeness (QED) is 0.389. The van der Waals surface area contributed by atoms with Crippen LogP contribution in [0.4, 0.5) is 13.2 Å².